The third-order valence-corrected chi connectivity index (χ3v) is 0.274. The number of hydrogen-bond acceptors (Lipinski definition) is 2. The second kappa shape index (κ2) is 2.96. The first-order valence-electron chi connectivity index (χ1n) is 0.875. The molecule has 0 N–H and O–H groups in total. The van der Waals surface area contributed by atoms with E-state index in [0.29, 0.717) is 0 Å². The van der Waals surface area contributed by atoms with Gasteiger partial charge in [-0.1, -0.05) is 0 Å². The van der Waals surface area contributed by atoms with Crippen molar-refractivity contribution in [3.05, 3.63) is 0 Å². The molecule has 0 fully saturated rings. The lowest BCUT2D eigenvalue weighted by Gasteiger charge is -1.38. The predicted molar refractivity (Wildman–Crippen MR) is 20.0 cm³/mol. The Morgan fingerprint density at radius 1 is 2.00 bits per heavy atom. The summed E-state index contributed by atoms with van der Waals surface area (Å²) in [5.41, 5.74) is 0. The van der Waals surface area contributed by atoms with E-state index in [-0.39, 0.29) is 0 Å². The summed E-state index contributed by atoms with van der Waals surface area (Å²) in [7, 11) is 1.02. The van der Waals surface area contributed by atoms with Crippen LogP contribution >= 0.6 is 8.25 Å². The van der Waals surface area contributed by atoms with Gasteiger partial charge in [-0.3, -0.25) is 4.57 Å². The second-order valence-corrected chi connectivity index (χ2v) is 0.945. The first-order valence-corrected chi connectivity index (χ1v) is 1.73. The zero-order valence-corrected chi connectivity index (χ0v) is 3.36. The van der Waals surface area contributed by atoms with Crippen LogP contribution in [0, 0.1) is 0 Å². The molecule has 0 aliphatic heterocycles. The van der Waals surface area contributed by atoms with Gasteiger partial charge in [-0.05, 0) is 0 Å². The summed E-state index contributed by atoms with van der Waals surface area (Å²) in [5, 5.41) is 0. The van der Waals surface area contributed by atoms with Crippen LogP contribution in [0.25, 0.3) is 0 Å². The van der Waals surface area contributed by atoms with Gasteiger partial charge in [0.2, 0.25) is 0 Å². The van der Waals surface area contributed by atoms with Crippen LogP contribution in [0.15, 0.2) is 4.66 Å². The Balaban J connectivity index is 3.11. The molecule has 0 saturated heterocycles. The highest BCUT2D eigenvalue weighted by Gasteiger charge is 1.29. The zero-order chi connectivity index (χ0) is 3.41. The van der Waals surface area contributed by atoms with Gasteiger partial charge in [-0.2, -0.15) is 0 Å². The molecule has 4 heavy (non-hydrogen) atoms. The summed E-state index contributed by atoms with van der Waals surface area (Å²) in [4.78, 5) is 0. The van der Waals surface area contributed by atoms with Crippen molar-refractivity contribution in [2.45, 2.75) is 0 Å². The summed E-state index contributed by atoms with van der Waals surface area (Å²) < 4.78 is 12.4. The highest BCUT2D eigenvalue weighted by molar-refractivity contribution is 7.12. The second-order valence-electron chi connectivity index (χ2n) is 0.315. The average molecular weight is 74.8 g/mol. The minimum atomic E-state index is -0.485. The normalized spacial score (nSPS) is 7.00. The first kappa shape index (κ1) is 3.96. The molecule has 1 unspecified atom stereocenters. The minimum Gasteiger partial charge on any atom is -0.311 e. The summed E-state index contributed by atoms with van der Waals surface area (Å²) in [6.07, 6.45) is 0. The third kappa shape index (κ3) is 1.96. The summed E-state index contributed by atoms with van der Waals surface area (Å²) >= 11 is 0. The van der Waals surface area contributed by atoms with E-state index in [1.807, 2.05) is 0 Å². The van der Waals surface area contributed by atoms with Crippen molar-refractivity contribution in [1.82, 2.24) is 0 Å². The Labute approximate surface area is 26.6 Å². The van der Waals surface area contributed by atoms with Crippen LogP contribution in [-0.4, -0.2) is 7.98 Å². The molecule has 0 rings (SSSR count). The van der Waals surface area contributed by atoms with Gasteiger partial charge in [0.05, 0.1) is 0 Å². The van der Waals surface area contributed by atoms with Crippen LogP contribution in [0.2, 0.25) is 0 Å². The number of rotatable bonds is 0. The van der Waals surface area contributed by atoms with E-state index in [9.17, 15) is 0 Å². The van der Waals surface area contributed by atoms with Crippen LogP contribution in [0.3, 0.4) is 0 Å². The van der Waals surface area contributed by atoms with E-state index in [2.05, 4.69) is 4.66 Å². The van der Waals surface area contributed by atoms with E-state index in [1.54, 1.807) is 0 Å². The van der Waals surface area contributed by atoms with Crippen molar-refractivity contribution in [1.29, 1.82) is 0 Å². The summed E-state index contributed by atoms with van der Waals surface area (Å²) in [6, 6.07) is 0. The van der Waals surface area contributed by atoms with Crippen molar-refractivity contribution in [3.63, 3.8) is 0 Å². The highest BCUT2D eigenvalue weighted by atomic mass is 31.0. The van der Waals surface area contributed by atoms with Crippen molar-refractivity contribution in [3.8, 4) is 0 Å². The quantitative estimate of drug-likeness (QED) is 0.288. The standard InChI is InChI=1S/BH3NOP/c1-2-4-3/h4H,1H2. The van der Waals surface area contributed by atoms with Crippen LogP contribution in [-0.2, 0) is 4.57 Å². The first-order chi connectivity index (χ1) is 1.91. The highest BCUT2D eigenvalue weighted by Crippen LogP contribution is 1.65. The summed E-state index contributed by atoms with van der Waals surface area (Å²) in [5.74, 6) is 0. The lowest BCUT2D eigenvalue weighted by atomic mass is 10.5. The van der Waals surface area contributed by atoms with Crippen LogP contribution in [0.1, 0.15) is 0 Å². The van der Waals surface area contributed by atoms with Gasteiger partial charge in [0.15, 0.2) is 8.25 Å². The van der Waals surface area contributed by atoms with Gasteiger partial charge < -0.3 is 4.66 Å². The minimum absolute atomic E-state index is 0.485. The molecule has 2 nitrogen and oxygen atoms in total. The Bertz CT molecular complexity index is 46.0. The Hall–Kier alpha value is -0.0351. The van der Waals surface area contributed by atoms with E-state index in [4.69, 9.17) is 4.57 Å². The molecule has 0 aliphatic rings. The maximum Gasteiger partial charge on any atom is 0.253 e. The molecule has 4 heteroatoms. The molecule has 0 aromatic heterocycles. The maximum absolute atomic E-state index is 9.16. The molecule has 0 aromatic rings. The Morgan fingerprint density at radius 2 is 2.25 bits per heavy atom. The predicted octanol–water partition coefficient (Wildman–Crippen LogP) is -0.258. The molecule has 0 aliphatic carbocycles. The van der Waals surface area contributed by atoms with Crippen molar-refractivity contribution in [2.75, 3.05) is 0 Å². The zero-order valence-electron chi connectivity index (χ0n) is 2.36. The molecule has 0 aromatic carbocycles. The SMILES string of the molecule is BN=[PH]=O. The Morgan fingerprint density at radius 3 is 2.25 bits per heavy atom. The fraction of sp³-hybridized carbons (Fsp3) is 0. The number of hydrogen-bond donors (Lipinski definition) is 0. The van der Waals surface area contributed by atoms with E-state index in [0.717, 1.165) is 0 Å². The molecule has 0 bridgehead atoms. The fourth-order valence-corrected chi connectivity index (χ4v) is 0. The van der Waals surface area contributed by atoms with E-state index < -0.39 is 8.25 Å². The fourth-order valence-electron chi connectivity index (χ4n) is 0. The van der Waals surface area contributed by atoms with E-state index in [1.165, 1.54) is 7.98 Å². The third-order valence-electron chi connectivity index (χ3n) is 0.0913. The van der Waals surface area contributed by atoms with Crippen molar-refractivity contribution < 1.29 is 4.57 Å². The summed E-state index contributed by atoms with van der Waals surface area (Å²) in [6.45, 7) is 0. The monoisotopic (exact) mass is 75.0 g/mol. The molecular weight excluding hydrogens is 71.8 g/mol. The lowest BCUT2D eigenvalue weighted by Crippen LogP contribution is -1.26. The van der Waals surface area contributed by atoms with E-state index >= 15 is 0 Å². The topological polar surface area (TPSA) is 29.4 Å². The van der Waals surface area contributed by atoms with Gasteiger partial charge in [0.1, 0.15) is 0 Å². The molecule has 0 radical (unpaired) electrons. The van der Waals surface area contributed by atoms with Gasteiger partial charge in [0.25, 0.3) is 7.98 Å². The average Bonchev–Trinajstić information content (AvgIpc) is 1.37. The van der Waals surface area contributed by atoms with Gasteiger partial charge in [-0.15, -0.1) is 0 Å². The molecule has 1 atom stereocenters. The molecule has 0 saturated carbocycles. The molecule has 0 heterocycles. The smallest absolute Gasteiger partial charge is 0.253 e. The van der Waals surface area contributed by atoms with Crippen LogP contribution in [0.4, 0.5) is 0 Å². The Kier molecular flexibility index (Phi) is 2.94. The number of nitrogens with zero attached hydrogens (tertiary/aromatic N) is 1. The maximum atomic E-state index is 9.16. The molecular formula is H3BNOP. The van der Waals surface area contributed by atoms with Gasteiger partial charge >= 0.3 is 0 Å². The van der Waals surface area contributed by atoms with Gasteiger partial charge in [-0.25, -0.2) is 0 Å². The molecule has 0 spiro atoms. The van der Waals surface area contributed by atoms with Crippen molar-refractivity contribution in [2.24, 2.45) is 4.66 Å². The van der Waals surface area contributed by atoms with Gasteiger partial charge in [0, 0.05) is 0 Å². The largest absolute Gasteiger partial charge is 0.311 e. The van der Waals surface area contributed by atoms with Crippen LogP contribution in [0.5, 0.6) is 0 Å². The molecule has 22 valence electrons. The lowest BCUT2D eigenvalue weighted by molar-refractivity contribution is 0.603. The van der Waals surface area contributed by atoms with Crippen LogP contribution < -0.4 is 0 Å². The van der Waals surface area contributed by atoms with Crippen molar-refractivity contribution >= 4 is 16.2 Å². The molecule has 0 amide bonds.